The lowest BCUT2D eigenvalue weighted by molar-refractivity contribution is 0.0467. The van der Waals surface area contributed by atoms with E-state index in [0.29, 0.717) is 30.5 Å². The molecule has 1 aliphatic rings. The number of nitrogens with zero attached hydrogens (tertiary/aromatic N) is 3. The molecule has 0 spiro atoms. The van der Waals surface area contributed by atoms with E-state index >= 15 is 0 Å². The Balaban J connectivity index is 1.84. The number of pyridine rings is 1. The largest absolute Gasteiger partial charge is 0.381 e. The molecular weight excluding hydrogens is 308 g/mol. The first kappa shape index (κ1) is 16.6. The van der Waals surface area contributed by atoms with Crippen molar-refractivity contribution in [3.8, 4) is 0 Å². The first-order chi connectivity index (χ1) is 11.7. The van der Waals surface area contributed by atoms with Gasteiger partial charge in [0, 0.05) is 31.2 Å². The monoisotopic (exact) mass is 330 g/mol. The van der Waals surface area contributed by atoms with E-state index in [4.69, 9.17) is 9.26 Å². The Morgan fingerprint density at radius 3 is 2.88 bits per heavy atom. The highest BCUT2D eigenvalue weighted by atomic mass is 16.5. The summed E-state index contributed by atoms with van der Waals surface area (Å²) in [6, 6.07) is 1.44. The predicted octanol–water partition coefficient (Wildman–Crippen LogP) is 2.23. The van der Waals surface area contributed by atoms with Crippen molar-refractivity contribution in [1.29, 1.82) is 0 Å². The van der Waals surface area contributed by atoms with Gasteiger partial charge in [-0.1, -0.05) is 12.1 Å². The second kappa shape index (κ2) is 7.53. The molecule has 0 aliphatic carbocycles. The maximum Gasteiger partial charge on any atom is 0.252 e. The third-order valence-corrected chi connectivity index (χ3v) is 4.36. The van der Waals surface area contributed by atoms with Crippen LogP contribution in [0.3, 0.4) is 0 Å². The average molecular weight is 330 g/mol. The van der Waals surface area contributed by atoms with Crippen molar-refractivity contribution in [2.75, 3.05) is 13.2 Å². The van der Waals surface area contributed by atoms with Crippen molar-refractivity contribution in [2.45, 2.75) is 39.2 Å². The van der Waals surface area contributed by atoms with E-state index in [1.165, 1.54) is 0 Å². The summed E-state index contributed by atoms with van der Waals surface area (Å²) in [5.74, 6) is 1.10. The molecule has 0 aromatic carbocycles. The van der Waals surface area contributed by atoms with E-state index in [0.717, 1.165) is 24.8 Å². The lowest BCUT2D eigenvalue weighted by Gasteiger charge is -2.28. The molecule has 24 heavy (non-hydrogen) atoms. The highest BCUT2D eigenvalue weighted by Gasteiger charge is 2.31. The minimum absolute atomic E-state index is 0.137. The van der Waals surface area contributed by atoms with E-state index in [-0.39, 0.29) is 17.9 Å². The van der Waals surface area contributed by atoms with E-state index in [9.17, 15) is 4.79 Å². The third-order valence-electron chi connectivity index (χ3n) is 4.36. The van der Waals surface area contributed by atoms with Gasteiger partial charge in [0.25, 0.3) is 5.91 Å². The van der Waals surface area contributed by atoms with Gasteiger partial charge in [-0.15, -0.1) is 0 Å². The molecule has 1 saturated heterocycles. The Morgan fingerprint density at radius 1 is 1.42 bits per heavy atom. The zero-order valence-corrected chi connectivity index (χ0v) is 14.0. The molecule has 2 aromatic rings. The Hall–Kier alpha value is -2.28. The molecular formula is C17H22N4O3. The Bertz CT molecular complexity index is 695. The van der Waals surface area contributed by atoms with E-state index in [1.54, 1.807) is 25.4 Å². The van der Waals surface area contributed by atoms with Gasteiger partial charge < -0.3 is 14.6 Å². The topological polar surface area (TPSA) is 90.1 Å². The minimum Gasteiger partial charge on any atom is -0.381 e. The second-order valence-corrected chi connectivity index (χ2v) is 5.97. The van der Waals surface area contributed by atoms with Crippen molar-refractivity contribution in [1.82, 2.24) is 20.4 Å². The highest BCUT2D eigenvalue weighted by molar-refractivity contribution is 5.95. The van der Waals surface area contributed by atoms with Gasteiger partial charge in [-0.2, -0.15) is 4.98 Å². The lowest BCUT2D eigenvalue weighted by atomic mass is 9.91. The lowest BCUT2D eigenvalue weighted by Crippen LogP contribution is -2.36. The molecule has 7 heteroatoms. The maximum absolute atomic E-state index is 12.8. The first-order valence-electron chi connectivity index (χ1n) is 8.30. The van der Waals surface area contributed by atoms with Gasteiger partial charge in [0.2, 0.25) is 5.89 Å². The molecule has 3 heterocycles. The number of hydrogen-bond acceptors (Lipinski definition) is 6. The number of aryl methyl sites for hydroxylation is 2. The molecule has 1 amide bonds. The summed E-state index contributed by atoms with van der Waals surface area (Å²) in [7, 11) is 0. The number of carbonyl (C=O) groups excluding carboxylic acids is 1. The molecule has 0 radical (unpaired) electrons. The van der Waals surface area contributed by atoms with Crippen LogP contribution in [-0.2, 0) is 11.2 Å². The number of hydrogen-bond donors (Lipinski definition) is 1. The Kier molecular flexibility index (Phi) is 5.20. The second-order valence-electron chi connectivity index (χ2n) is 5.97. The van der Waals surface area contributed by atoms with Crippen LogP contribution in [0.5, 0.6) is 0 Å². The van der Waals surface area contributed by atoms with Crippen LogP contribution in [-0.4, -0.2) is 34.2 Å². The minimum atomic E-state index is -0.305. The number of amides is 1. The fraction of sp³-hybridized carbons (Fsp3) is 0.529. The zero-order chi connectivity index (χ0) is 16.9. The standard InChI is InChI=1S/C17H22N4O3/c1-3-12-10-18-7-4-14(12)16(22)20-15(13-5-8-23-9-6-13)17-19-11(2)21-24-17/h4,7,10,13,15H,3,5-6,8-9H2,1-2H3,(H,20,22)/t15-/m1/s1. The first-order valence-corrected chi connectivity index (χ1v) is 8.30. The van der Waals surface area contributed by atoms with Crippen LogP contribution < -0.4 is 5.32 Å². The van der Waals surface area contributed by atoms with Crippen LogP contribution in [0.25, 0.3) is 0 Å². The summed E-state index contributed by atoms with van der Waals surface area (Å²) in [5.41, 5.74) is 1.56. The summed E-state index contributed by atoms with van der Waals surface area (Å²) in [6.45, 7) is 5.14. The molecule has 2 aromatic heterocycles. The van der Waals surface area contributed by atoms with Crippen molar-refractivity contribution < 1.29 is 14.1 Å². The van der Waals surface area contributed by atoms with Crippen LogP contribution >= 0.6 is 0 Å². The highest BCUT2D eigenvalue weighted by Crippen LogP contribution is 2.29. The Labute approximate surface area is 140 Å². The summed E-state index contributed by atoms with van der Waals surface area (Å²) >= 11 is 0. The van der Waals surface area contributed by atoms with E-state index in [2.05, 4.69) is 20.4 Å². The molecule has 1 aliphatic heterocycles. The van der Waals surface area contributed by atoms with Gasteiger partial charge >= 0.3 is 0 Å². The van der Waals surface area contributed by atoms with Crippen LogP contribution in [0.4, 0.5) is 0 Å². The number of carbonyl (C=O) groups is 1. The van der Waals surface area contributed by atoms with Crippen molar-refractivity contribution >= 4 is 5.91 Å². The number of ether oxygens (including phenoxy) is 1. The fourth-order valence-electron chi connectivity index (χ4n) is 3.02. The molecule has 0 bridgehead atoms. The van der Waals surface area contributed by atoms with Gasteiger partial charge in [0.05, 0.1) is 0 Å². The molecule has 128 valence electrons. The molecule has 3 rings (SSSR count). The van der Waals surface area contributed by atoms with E-state index < -0.39 is 0 Å². The van der Waals surface area contributed by atoms with Gasteiger partial charge in [0.15, 0.2) is 5.82 Å². The van der Waals surface area contributed by atoms with Crippen LogP contribution in [0, 0.1) is 12.8 Å². The third kappa shape index (κ3) is 3.62. The van der Waals surface area contributed by atoms with Crippen molar-refractivity contribution in [3.63, 3.8) is 0 Å². The smallest absolute Gasteiger partial charge is 0.252 e. The molecule has 7 nitrogen and oxygen atoms in total. The summed E-state index contributed by atoms with van der Waals surface area (Å²) in [4.78, 5) is 21.2. The van der Waals surface area contributed by atoms with Gasteiger partial charge in [0.1, 0.15) is 6.04 Å². The molecule has 0 unspecified atom stereocenters. The summed E-state index contributed by atoms with van der Waals surface area (Å²) in [5, 5.41) is 6.96. The van der Waals surface area contributed by atoms with E-state index in [1.807, 2.05) is 6.92 Å². The van der Waals surface area contributed by atoms with Gasteiger partial charge in [-0.05, 0) is 43.7 Å². The average Bonchev–Trinajstić information content (AvgIpc) is 3.06. The normalized spacial score (nSPS) is 16.8. The summed E-state index contributed by atoms with van der Waals surface area (Å²) in [6.07, 6.45) is 5.81. The SMILES string of the molecule is CCc1cnccc1C(=O)N[C@@H](c1nc(C)no1)C1CCOCC1. The molecule has 1 atom stereocenters. The van der Waals surface area contributed by atoms with Crippen molar-refractivity contribution in [3.05, 3.63) is 41.3 Å². The quantitative estimate of drug-likeness (QED) is 0.904. The number of nitrogens with one attached hydrogen (secondary N) is 1. The Morgan fingerprint density at radius 2 is 2.21 bits per heavy atom. The fourth-order valence-corrected chi connectivity index (χ4v) is 3.02. The predicted molar refractivity (Wildman–Crippen MR) is 86.4 cm³/mol. The van der Waals surface area contributed by atoms with Crippen LogP contribution in [0.15, 0.2) is 23.0 Å². The molecule has 1 N–H and O–H groups in total. The zero-order valence-electron chi connectivity index (χ0n) is 14.0. The molecule has 0 saturated carbocycles. The van der Waals surface area contributed by atoms with Gasteiger partial charge in [-0.25, -0.2) is 0 Å². The number of aromatic nitrogens is 3. The van der Waals surface area contributed by atoms with Crippen molar-refractivity contribution in [2.24, 2.45) is 5.92 Å². The van der Waals surface area contributed by atoms with Crippen LogP contribution in [0.2, 0.25) is 0 Å². The maximum atomic E-state index is 12.8. The van der Waals surface area contributed by atoms with Gasteiger partial charge in [-0.3, -0.25) is 9.78 Å². The van der Waals surface area contributed by atoms with Crippen LogP contribution in [0.1, 0.15) is 53.4 Å². The number of rotatable bonds is 5. The molecule has 1 fully saturated rings. The summed E-state index contributed by atoms with van der Waals surface area (Å²) < 4.78 is 10.8.